The van der Waals surface area contributed by atoms with Gasteiger partial charge in [0.15, 0.2) is 0 Å². The third-order valence-electron chi connectivity index (χ3n) is 5.94. The van der Waals surface area contributed by atoms with Crippen LogP contribution in [0.25, 0.3) is 0 Å². The molecule has 0 saturated carbocycles. The third kappa shape index (κ3) is 4.14. The molecule has 1 aromatic carbocycles. The van der Waals surface area contributed by atoms with E-state index in [0.717, 1.165) is 30.6 Å². The second-order valence-corrected chi connectivity index (χ2v) is 9.71. The summed E-state index contributed by atoms with van der Waals surface area (Å²) in [7, 11) is -1.87. The van der Waals surface area contributed by atoms with E-state index in [1.807, 2.05) is 24.3 Å². The van der Waals surface area contributed by atoms with Gasteiger partial charge in [-0.2, -0.15) is 17.0 Å². The number of methoxy groups -OCH3 is 1. The Labute approximate surface area is 177 Å². The average Bonchev–Trinajstić information content (AvgIpc) is 2.79. The zero-order valence-electron chi connectivity index (χ0n) is 17.3. The van der Waals surface area contributed by atoms with Crippen molar-refractivity contribution in [1.29, 1.82) is 0 Å². The van der Waals surface area contributed by atoms with Gasteiger partial charge in [0.2, 0.25) is 0 Å². The molecular weight excluding hydrogens is 404 g/mol. The zero-order valence-corrected chi connectivity index (χ0v) is 18.1. The van der Waals surface area contributed by atoms with Crippen LogP contribution in [0, 0.1) is 0 Å². The van der Waals surface area contributed by atoms with Gasteiger partial charge in [-0.05, 0) is 37.3 Å². The van der Waals surface area contributed by atoms with Crippen LogP contribution in [-0.4, -0.2) is 53.3 Å². The first-order valence-electron chi connectivity index (χ1n) is 10.4. The fourth-order valence-corrected chi connectivity index (χ4v) is 5.86. The molecule has 0 bridgehead atoms. The van der Waals surface area contributed by atoms with Crippen molar-refractivity contribution in [3.05, 3.63) is 57.8 Å². The topological polar surface area (TPSA) is 84.7 Å². The summed E-state index contributed by atoms with van der Waals surface area (Å²) in [4.78, 5) is 17.4. The number of hydrogen-bond acceptors (Lipinski definition) is 5. The number of aryl methyl sites for hydroxylation is 2. The summed E-state index contributed by atoms with van der Waals surface area (Å²) in [5.41, 5.74) is 2.15. The molecule has 1 saturated heterocycles. The lowest BCUT2D eigenvalue weighted by atomic mass is 10.1. The van der Waals surface area contributed by atoms with Gasteiger partial charge in [-0.1, -0.05) is 24.6 Å². The van der Waals surface area contributed by atoms with Crippen LogP contribution in [0.3, 0.4) is 0 Å². The number of para-hydroxylation sites is 1. The predicted molar refractivity (Wildman–Crippen MR) is 114 cm³/mol. The van der Waals surface area contributed by atoms with Crippen LogP contribution in [0.1, 0.15) is 36.1 Å². The van der Waals surface area contributed by atoms with E-state index in [4.69, 9.17) is 4.74 Å². The van der Waals surface area contributed by atoms with Gasteiger partial charge in [-0.15, -0.1) is 0 Å². The minimum Gasteiger partial charge on any atom is -0.496 e. The van der Waals surface area contributed by atoms with Gasteiger partial charge in [0.25, 0.3) is 15.8 Å². The highest BCUT2D eigenvalue weighted by Crippen LogP contribution is 2.22. The third-order valence-corrected chi connectivity index (χ3v) is 7.92. The maximum atomic E-state index is 13.0. The number of ether oxygens (including phenoxy) is 1. The molecule has 2 aliphatic heterocycles. The number of nitrogens with zero attached hydrogens (tertiary/aromatic N) is 4. The number of benzene rings is 1. The molecule has 9 heteroatoms. The number of piperidine rings is 1. The van der Waals surface area contributed by atoms with E-state index < -0.39 is 10.2 Å². The number of hydrogen-bond donors (Lipinski definition) is 0. The lowest BCUT2D eigenvalue weighted by Gasteiger charge is -2.34. The molecule has 0 N–H and O–H groups in total. The Morgan fingerprint density at radius 3 is 2.60 bits per heavy atom. The summed E-state index contributed by atoms with van der Waals surface area (Å²) in [5, 5.41) is 0. The molecule has 1 aromatic heterocycles. The molecule has 30 heavy (non-hydrogen) atoms. The van der Waals surface area contributed by atoms with Crippen molar-refractivity contribution in [3.8, 4) is 5.75 Å². The lowest BCUT2D eigenvalue weighted by Crippen LogP contribution is -2.48. The fourth-order valence-electron chi connectivity index (χ4n) is 4.20. The molecule has 2 aliphatic rings. The highest BCUT2D eigenvalue weighted by atomic mass is 32.2. The van der Waals surface area contributed by atoms with E-state index in [0.29, 0.717) is 50.3 Å². The van der Waals surface area contributed by atoms with Gasteiger partial charge in [-0.3, -0.25) is 9.36 Å². The standard InChI is InChI=1S/C21H28N4O4S/c1-29-20-8-4-3-7-17(20)9-13-23-16-22-19-15-25(14-10-18(19)21(23)26)30(27,28)24-11-5-2-6-12-24/h3-4,7-8,16H,2,5-6,9-15H2,1H3. The molecule has 3 heterocycles. The normalized spacial score (nSPS) is 18.2. The van der Waals surface area contributed by atoms with Crippen molar-refractivity contribution in [2.45, 2.75) is 45.2 Å². The second kappa shape index (κ2) is 8.87. The van der Waals surface area contributed by atoms with Crippen molar-refractivity contribution in [2.24, 2.45) is 0 Å². The monoisotopic (exact) mass is 432 g/mol. The van der Waals surface area contributed by atoms with Gasteiger partial charge in [-0.25, -0.2) is 4.98 Å². The maximum Gasteiger partial charge on any atom is 0.282 e. The summed E-state index contributed by atoms with van der Waals surface area (Å²) < 4.78 is 35.9. The zero-order chi connectivity index (χ0) is 21.1. The van der Waals surface area contributed by atoms with Crippen LogP contribution >= 0.6 is 0 Å². The molecule has 8 nitrogen and oxygen atoms in total. The lowest BCUT2D eigenvalue weighted by molar-refractivity contribution is 0.292. The van der Waals surface area contributed by atoms with Crippen molar-refractivity contribution in [2.75, 3.05) is 26.7 Å². The van der Waals surface area contributed by atoms with Crippen LogP contribution < -0.4 is 10.3 Å². The van der Waals surface area contributed by atoms with E-state index in [1.54, 1.807) is 16.0 Å². The highest BCUT2D eigenvalue weighted by Gasteiger charge is 2.34. The highest BCUT2D eigenvalue weighted by molar-refractivity contribution is 7.86. The molecule has 4 rings (SSSR count). The van der Waals surface area contributed by atoms with Gasteiger partial charge in [0.1, 0.15) is 5.75 Å². The number of aromatic nitrogens is 2. The van der Waals surface area contributed by atoms with E-state index >= 15 is 0 Å². The Kier molecular flexibility index (Phi) is 6.21. The van der Waals surface area contributed by atoms with Crippen molar-refractivity contribution in [3.63, 3.8) is 0 Å². The molecule has 0 aliphatic carbocycles. The van der Waals surface area contributed by atoms with Gasteiger partial charge >= 0.3 is 0 Å². The summed E-state index contributed by atoms with van der Waals surface area (Å²) in [5.74, 6) is 0.801. The molecule has 0 radical (unpaired) electrons. The summed E-state index contributed by atoms with van der Waals surface area (Å²) >= 11 is 0. The van der Waals surface area contributed by atoms with Crippen LogP contribution in [0.2, 0.25) is 0 Å². The minimum atomic E-state index is -3.50. The fraction of sp³-hybridized carbons (Fsp3) is 0.524. The minimum absolute atomic E-state index is 0.0788. The molecule has 0 atom stereocenters. The summed E-state index contributed by atoms with van der Waals surface area (Å²) in [6.45, 7) is 2.12. The van der Waals surface area contributed by atoms with Crippen molar-refractivity contribution >= 4 is 10.2 Å². The maximum absolute atomic E-state index is 13.0. The smallest absolute Gasteiger partial charge is 0.282 e. The molecule has 0 amide bonds. The van der Waals surface area contributed by atoms with Crippen molar-refractivity contribution in [1.82, 2.24) is 18.2 Å². The molecular formula is C21H28N4O4S. The second-order valence-electron chi connectivity index (χ2n) is 7.78. The first-order chi connectivity index (χ1) is 14.5. The Morgan fingerprint density at radius 1 is 1.07 bits per heavy atom. The Hall–Kier alpha value is -2.23. The molecule has 1 fully saturated rings. The molecule has 0 spiro atoms. The SMILES string of the molecule is COc1ccccc1CCn1cnc2c(c1=O)CCN(S(=O)(=O)N1CCCCC1)C2. The van der Waals surface area contributed by atoms with Crippen LogP contribution in [0.4, 0.5) is 0 Å². The van der Waals surface area contributed by atoms with Crippen LogP contribution in [0.5, 0.6) is 5.75 Å². The van der Waals surface area contributed by atoms with E-state index in [9.17, 15) is 13.2 Å². The Balaban J connectivity index is 1.49. The first-order valence-corrected chi connectivity index (χ1v) is 11.8. The Morgan fingerprint density at radius 2 is 1.83 bits per heavy atom. The average molecular weight is 433 g/mol. The van der Waals surface area contributed by atoms with E-state index in [-0.39, 0.29) is 12.1 Å². The van der Waals surface area contributed by atoms with Gasteiger partial charge in [0.05, 0.1) is 25.7 Å². The molecule has 2 aromatic rings. The number of fused-ring (bicyclic) bond motifs is 1. The predicted octanol–water partition coefficient (Wildman–Crippen LogP) is 1.58. The molecule has 162 valence electrons. The molecule has 0 unspecified atom stereocenters. The number of rotatable bonds is 6. The van der Waals surface area contributed by atoms with E-state index in [2.05, 4.69) is 4.98 Å². The van der Waals surface area contributed by atoms with Gasteiger partial charge in [0, 0.05) is 31.7 Å². The summed E-state index contributed by atoms with van der Waals surface area (Å²) in [6.07, 6.45) is 5.46. The van der Waals surface area contributed by atoms with E-state index in [1.165, 1.54) is 10.6 Å². The quantitative estimate of drug-likeness (QED) is 0.692. The van der Waals surface area contributed by atoms with Gasteiger partial charge < -0.3 is 4.74 Å². The first kappa shape index (κ1) is 21.0. The van der Waals surface area contributed by atoms with Crippen molar-refractivity contribution < 1.29 is 13.2 Å². The largest absolute Gasteiger partial charge is 0.496 e. The Bertz CT molecular complexity index is 1060. The summed E-state index contributed by atoms with van der Waals surface area (Å²) in [6, 6.07) is 7.75. The van der Waals surface area contributed by atoms with Crippen LogP contribution in [0.15, 0.2) is 35.4 Å². The van der Waals surface area contributed by atoms with Crippen LogP contribution in [-0.2, 0) is 36.1 Å².